The molecular weight excluding hydrogens is 362 g/mol. The number of aromatic nitrogens is 2. The number of nitrogens with zero attached hydrogens (tertiary/aromatic N) is 4. The first-order valence-corrected chi connectivity index (χ1v) is 8.97. The summed E-state index contributed by atoms with van der Waals surface area (Å²) >= 11 is 0. The van der Waals surface area contributed by atoms with Gasteiger partial charge in [0.05, 0.1) is 13.3 Å². The number of aryl methyl sites for hydroxylation is 1. The van der Waals surface area contributed by atoms with Gasteiger partial charge in [0.2, 0.25) is 11.8 Å². The number of nitrogens with one attached hydrogen (secondary N) is 1. The summed E-state index contributed by atoms with van der Waals surface area (Å²) < 4.78 is 10.5. The summed E-state index contributed by atoms with van der Waals surface area (Å²) in [6.07, 6.45) is 3.70. The van der Waals surface area contributed by atoms with Gasteiger partial charge in [-0.15, -0.1) is 0 Å². The summed E-state index contributed by atoms with van der Waals surface area (Å²) in [5.74, 6) is 0.932. The third kappa shape index (κ3) is 5.09. The Balaban J connectivity index is 1.53. The lowest BCUT2D eigenvalue weighted by molar-refractivity contribution is -0.123. The zero-order valence-corrected chi connectivity index (χ0v) is 15.9. The van der Waals surface area contributed by atoms with E-state index in [1.807, 2.05) is 6.92 Å². The lowest BCUT2D eigenvalue weighted by Gasteiger charge is -2.16. The molecule has 0 saturated carbocycles. The molecule has 0 radical (unpaired) electrons. The molecule has 1 amide bonds. The monoisotopic (exact) mass is 385 g/mol. The first kappa shape index (κ1) is 19.4. The van der Waals surface area contributed by atoms with Crippen LogP contribution in [0.25, 0.3) is 0 Å². The van der Waals surface area contributed by atoms with Crippen molar-refractivity contribution in [2.24, 2.45) is 5.10 Å². The fourth-order valence-electron chi connectivity index (χ4n) is 2.78. The van der Waals surface area contributed by atoms with Gasteiger partial charge in [-0.05, 0) is 43.5 Å². The van der Waals surface area contributed by atoms with Crippen LogP contribution in [0, 0.1) is 6.92 Å². The Morgan fingerprint density at radius 3 is 2.86 bits per heavy atom. The van der Waals surface area contributed by atoms with Crippen LogP contribution in [0.2, 0.25) is 0 Å². The maximum Gasteiger partial charge on any atom is 0.278 e. The molecule has 3 rings (SSSR count). The van der Waals surface area contributed by atoms with E-state index in [2.05, 4.69) is 25.4 Å². The number of phenolic OH excluding ortho intramolecular Hbond substituents is 1. The molecule has 1 fully saturated rings. The van der Waals surface area contributed by atoms with Gasteiger partial charge in [0.1, 0.15) is 0 Å². The largest absolute Gasteiger partial charge is 0.504 e. The minimum Gasteiger partial charge on any atom is -0.504 e. The number of ether oxygens (including phenoxy) is 2. The molecule has 2 heterocycles. The van der Waals surface area contributed by atoms with Crippen molar-refractivity contribution in [3.05, 3.63) is 35.5 Å². The number of hydrazone groups is 1. The molecule has 0 bridgehead atoms. The number of phenols is 1. The number of carbonyl (C=O) groups is 1. The maximum atomic E-state index is 11.9. The number of hydrogen-bond acceptors (Lipinski definition) is 8. The van der Waals surface area contributed by atoms with Crippen LogP contribution >= 0.6 is 0 Å². The number of methoxy groups -OCH3 is 1. The highest BCUT2D eigenvalue weighted by molar-refractivity contribution is 5.83. The van der Waals surface area contributed by atoms with Crippen molar-refractivity contribution in [3.63, 3.8) is 0 Å². The minimum absolute atomic E-state index is 0.0329. The van der Waals surface area contributed by atoms with E-state index < -0.39 is 5.91 Å². The fraction of sp³-hybridized carbons (Fsp3) is 0.368. The van der Waals surface area contributed by atoms with Gasteiger partial charge in [-0.2, -0.15) is 10.1 Å². The topological polar surface area (TPSA) is 109 Å². The SMILES string of the molecule is COc1cc(/C=N/NC(=O)COc2cc(C)nc(N3CCCC3)n2)ccc1O. The van der Waals surface area contributed by atoms with E-state index in [9.17, 15) is 9.90 Å². The summed E-state index contributed by atoms with van der Waals surface area (Å²) in [5.41, 5.74) is 3.83. The number of benzene rings is 1. The van der Waals surface area contributed by atoms with Crippen molar-refractivity contribution >= 4 is 18.1 Å². The van der Waals surface area contributed by atoms with Crippen molar-refractivity contribution in [2.75, 3.05) is 31.7 Å². The molecule has 1 aliphatic rings. The average molecular weight is 385 g/mol. The second-order valence-corrected chi connectivity index (χ2v) is 6.35. The molecule has 9 heteroatoms. The van der Waals surface area contributed by atoms with Crippen molar-refractivity contribution in [1.29, 1.82) is 0 Å². The summed E-state index contributed by atoms with van der Waals surface area (Å²) in [6.45, 7) is 3.51. The van der Waals surface area contributed by atoms with Crippen molar-refractivity contribution in [3.8, 4) is 17.4 Å². The van der Waals surface area contributed by atoms with Crippen LogP contribution in [0.5, 0.6) is 17.4 Å². The van der Waals surface area contributed by atoms with Gasteiger partial charge in [-0.25, -0.2) is 10.4 Å². The summed E-state index contributed by atoms with van der Waals surface area (Å²) in [5, 5.41) is 13.4. The molecule has 2 N–H and O–H groups in total. The molecule has 0 unspecified atom stereocenters. The minimum atomic E-state index is -0.416. The molecule has 1 aromatic carbocycles. The van der Waals surface area contributed by atoms with Gasteiger partial charge in [0.25, 0.3) is 5.91 Å². The number of carbonyl (C=O) groups excluding carboxylic acids is 1. The molecular formula is C19H23N5O4. The molecule has 2 aromatic rings. The Hall–Kier alpha value is -3.36. The van der Waals surface area contributed by atoms with Gasteiger partial charge in [-0.3, -0.25) is 4.79 Å². The lowest BCUT2D eigenvalue weighted by Crippen LogP contribution is -2.25. The van der Waals surface area contributed by atoms with Gasteiger partial charge in [0, 0.05) is 24.8 Å². The smallest absolute Gasteiger partial charge is 0.278 e. The molecule has 148 valence electrons. The Bertz CT molecular complexity index is 865. The summed E-state index contributed by atoms with van der Waals surface area (Å²) in [7, 11) is 1.46. The maximum absolute atomic E-state index is 11.9. The molecule has 9 nitrogen and oxygen atoms in total. The quantitative estimate of drug-likeness (QED) is 0.551. The number of aromatic hydroxyl groups is 1. The van der Waals surface area contributed by atoms with Gasteiger partial charge in [0.15, 0.2) is 18.1 Å². The molecule has 1 aromatic heterocycles. The van der Waals surface area contributed by atoms with Crippen molar-refractivity contribution in [2.45, 2.75) is 19.8 Å². The van der Waals surface area contributed by atoms with Crippen molar-refractivity contribution < 1.29 is 19.4 Å². The molecule has 28 heavy (non-hydrogen) atoms. The predicted molar refractivity (Wildman–Crippen MR) is 104 cm³/mol. The van der Waals surface area contributed by atoms with Crippen LogP contribution < -0.4 is 19.8 Å². The molecule has 1 saturated heterocycles. The average Bonchev–Trinajstić information content (AvgIpc) is 3.22. The molecule has 0 aliphatic carbocycles. The lowest BCUT2D eigenvalue weighted by atomic mass is 10.2. The van der Waals surface area contributed by atoms with E-state index in [1.165, 1.54) is 19.4 Å². The highest BCUT2D eigenvalue weighted by atomic mass is 16.5. The van der Waals surface area contributed by atoms with Crippen LogP contribution in [0.15, 0.2) is 29.4 Å². The molecule has 0 atom stereocenters. The Kier molecular flexibility index (Phi) is 6.25. The number of amides is 1. The first-order chi connectivity index (χ1) is 13.5. The molecule has 0 spiro atoms. The van der Waals surface area contributed by atoms with Crippen LogP contribution in [-0.4, -0.2) is 54.0 Å². The zero-order chi connectivity index (χ0) is 19.9. The fourth-order valence-corrected chi connectivity index (χ4v) is 2.78. The second kappa shape index (κ2) is 9.03. The number of anilines is 1. The third-order valence-electron chi connectivity index (χ3n) is 4.17. The van der Waals surface area contributed by atoms with Gasteiger partial charge < -0.3 is 19.5 Å². The normalized spacial score (nSPS) is 13.7. The van der Waals surface area contributed by atoms with E-state index in [1.54, 1.807) is 18.2 Å². The van der Waals surface area contributed by atoms with Crippen LogP contribution in [-0.2, 0) is 4.79 Å². The Labute approximate surface area is 163 Å². The molecule has 1 aliphatic heterocycles. The van der Waals surface area contributed by atoms with Gasteiger partial charge in [-0.1, -0.05) is 0 Å². The summed E-state index contributed by atoms with van der Waals surface area (Å²) in [6, 6.07) is 6.43. The van der Waals surface area contributed by atoms with E-state index >= 15 is 0 Å². The van der Waals surface area contributed by atoms with Crippen LogP contribution in [0.1, 0.15) is 24.1 Å². The second-order valence-electron chi connectivity index (χ2n) is 6.35. The van der Waals surface area contributed by atoms with Crippen LogP contribution in [0.3, 0.4) is 0 Å². The number of hydrogen-bond donors (Lipinski definition) is 2. The van der Waals surface area contributed by atoms with Crippen molar-refractivity contribution in [1.82, 2.24) is 15.4 Å². The van der Waals surface area contributed by atoms with Gasteiger partial charge >= 0.3 is 0 Å². The number of rotatable bonds is 7. The van der Waals surface area contributed by atoms with E-state index in [-0.39, 0.29) is 12.4 Å². The zero-order valence-electron chi connectivity index (χ0n) is 15.9. The van der Waals surface area contributed by atoms with Crippen LogP contribution in [0.4, 0.5) is 5.95 Å². The Morgan fingerprint density at radius 2 is 2.11 bits per heavy atom. The third-order valence-corrected chi connectivity index (χ3v) is 4.17. The van der Waals surface area contributed by atoms with E-state index in [4.69, 9.17) is 9.47 Å². The first-order valence-electron chi connectivity index (χ1n) is 8.97. The Morgan fingerprint density at radius 1 is 1.32 bits per heavy atom. The summed E-state index contributed by atoms with van der Waals surface area (Å²) in [4.78, 5) is 22.9. The predicted octanol–water partition coefficient (Wildman–Crippen LogP) is 1.63. The standard InChI is InChI=1S/C19H23N5O4/c1-13-9-18(22-19(21-13)24-7-3-4-8-24)28-12-17(26)23-20-11-14-5-6-15(25)16(10-14)27-2/h5-6,9-11,25H,3-4,7-8,12H2,1-2H3,(H,23,26)/b20-11+. The van der Waals surface area contributed by atoms with E-state index in [0.29, 0.717) is 23.1 Å². The van der Waals surface area contributed by atoms with E-state index in [0.717, 1.165) is 31.6 Å². The highest BCUT2D eigenvalue weighted by Crippen LogP contribution is 2.25. The highest BCUT2D eigenvalue weighted by Gasteiger charge is 2.16.